The van der Waals surface area contributed by atoms with E-state index in [1.807, 2.05) is 29.7 Å². The Bertz CT molecular complexity index is 1020. The fraction of sp³-hybridized carbons (Fsp3) is 0.560. The maximum atomic E-state index is 14.8. The number of benzene rings is 1. The van der Waals surface area contributed by atoms with E-state index in [1.54, 1.807) is 12.3 Å². The van der Waals surface area contributed by atoms with Gasteiger partial charge >= 0.3 is 0 Å². The van der Waals surface area contributed by atoms with Crippen molar-refractivity contribution >= 4 is 11.7 Å². The molecule has 1 N–H and O–H groups in total. The Morgan fingerprint density at radius 2 is 1.82 bits per heavy atom. The minimum atomic E-state index is -0.736. The predicted octanol–water partition coefficient (Wildman–Crippen LogP) is 3.23. The molecule has 2 aliphatic heterocycles. The van der Waals surface area contributed by atoms with Gasteiger partial charge in [0, 0.05) is 56.2 Å². The van der Waals surface area contributed by atoms with Gasteiger partial charge < -0.3 is 14.9 Å². The Morgan fingerprint density at radius 1 is 1.09 bits per heavy atom. The number of anilines is 1. The van der Waals surface area contributed by atoms with Crippen molar-refractivity contribution in [3.63, 3.8) is 0 Å². The predicted molar refractivity (Wildman–Crippen MR) is 119 cm³/mol. The summed E-state index contributed by atoms with van der Waals surface area (Å²) in [6, 6.07) is 7.16. The van der Waals surface area contributed by atoms with Gasteiger partial charge in [-0.25, -0.2) is 8.78 Å². The first kappa shape index (κ1) is 22.2. The summed E-state index contributed by atoms with van der Waals surface area (Å²) in [5, 5.41) is 19.5. The number of aromatic nitrogens is 2. The summed E-state index contributed by atoms with van der Waals surface area (Å²) in [6.07, 6.45) is 3.67. The zero-order valence-corrected chi connectivity index (χ0v) is 19.0. The van der Waals surface area contributed by atoms with Crippen molar-refractivity contribution in [1.29, 1.82) is 0 Å². The number of rotatable bonds is 4. The highest BCUT2D eigenvalue weighted by molar-refractivity contribution is 5.82. The molecule has 0 radical (unpaired) electrons. The molecule has 33 heavy (non-hydrogen) atoms. The molecule has 3 aliphatic rings. The number of aliphatic hydroxyl groups is 1. The van der Waals surface area contributed by atoms with Crippen LogP contribution in [-0.4, -0.2) is 57.9 Å². The smallest absolute Gasteiger partial charge is 0.228 e. The highest BCUT2D eigenvalue weighted by Crippen LogP contribution is 2.50. The van der Waals surface area contributed by atoms with Gasteiger partial charge in [0.1, 0.15) is 11.6 Å². The third-order valence-corrected chi connectivity index (χ3v) is 7.99. The van der Waals surface area contributed by atoms with Gasteiger partial charge in [-0.2, -0.15) is 5.10 Å². The molecule has 1 aromatic carbocycles. The first-order valence-corrected chi connectivity index (χ1v) is 11.8. The number of hydrogen-bond donors (Lipinski definition) is 1. The van der Waals surface area contributed by atoms with Crippen molar-refractivity contribution in [2.75, 3.05) is 31.1 Å². The molecule has 3 fully saturated rings. The zero-order valence-electron chi connectivity index (χ0n) is 19.0. The van der Waals surface area contributed by atoms with Crippen LogP contribution in [-0.2, 0) is 4.79 Å². The Morgan fingerprint density at radius 3 is 2.42 bits per heavy atom. The largest absolute Gasteiger partial charge is 0.389 e. The van der Waals surface area contributed by atoms with Crippen molar-refractivity contribution in [3.05, 3.63) is 53.7 Å². The number of carbonyl (C=O) groups excluding carboxylic acids is 1. The second kappa shape index (κ2) is 8.31. The quantitative estimate of drug-likeness (QED) is 0.765. The highest BCUT2D eigenvalue weighted by Gasteiger charge is 2.55. The normalized spacial score (nSPS) is 32.3. The standard InChI is InChI=1S/C25H30F2N4O2/c1-15-11-31(12-16(2)25(15,33)17-5-6-17)24(32)21-14-30(23-4-3-9-28-29-23)13-20(21)19-8-7-18(26)10-22(19)27/h3-4,7-10,15-17,20-21,33H,5-6,11-14H2,1-2H3/t15-,16+,20-,21+,25?/m0/s1. The number of halogens is 2. The molecule has 1 unspecified atom stereocenters. The topological polar surface area (TPSA) is 69.6 Å². The first-order chi connectivity index (χ1) is 15.8. The minimum Gasteiger partial charge on any atom is -0.389 e. The lowest BCUT2D eigenvalue weighted by atomic mass is 9.71. The number of piperidine rings is 1. The van der Waals surface area contributed by atoms with Gasteiger partial charge in [0.15, 0.2) is 5.82 Å². The minimum absolute atomic E-state index is 0.0313. The van der Waals surface area contributed by atoms with Crippen LogP contribution >= 0.6 is 0 Å². The van der Waals surface area contributed by atoms with E-state index in [4.69, 9.17) is 0 Å². The lowest BCUT2D eigenvalue weighted by molar-refractivity contribution is -0.154. The first-order valence-electron chi connectivity index (χ1n) is 11.8. The fourth-order valence-corrected chi connectivity index (χ4v) is 6.10. The molecule has 3 heterocycles. The van der Waals surface area contributed by atoms with Crippen molar-refractivity contribution in [2.24, 2.45) is 23.7 Å². The fourth-order valence-electron chi connectivity index (χ4n) is 6.10. The zero-order chi connectivity index (χ0) is 23.3. The van der Waals surface area contributed by atoms with Crippen LogP contribution in [0.25, 0.3) is 0 Å². The van der Waals surface area contributed by atoms with Crippen molar-refractivity contribution in [1.82, 2.24) is 15.1 Å². The van der Waals surface area contributed by atoms with E-state index in [2.05, 4.69) is 10.2 Å². The summed E-state index contributed by atoms with van der Waals surface area (Å²) in [7, 11) is 0. The van der Waals surface area contributed by atoms with Crippen molar-refractivity contribution < 1.29 is 18.7 Å². The van der Waals surface area contributed by atoms with Crippen LogP contribution in [0.4, 0.5) is 14.6 Å². The van der Waals surface area contributed by atoms with Crippen molar-refractivity contribution in [3.8, 4) is 0 Å². The second-order valence-electron chi connectivity index (χ2n) is 10.1. The maximum absolute atomic E-state index is 14.8. The van der Waals surface area contributed by atoms with Gasteiger partial charge in [-0.05, 0) is 42.5 Å². The van der Waals surface area contributed by atoms with Gasteiger partial charge in [-0.3, -0.25) is 4.79 Å². The number of nitrogens with zero attached hydrogens (tertiary/aromatic N) is 4. The molecule has 0 spiro atoms. The summed E-state index contributed by atoms with van der Waals surface area (Å²) in [4.78, 5) is 17.6. The molecule has 2 saturated heterocycles. The van der Waals surface area contributed by atoms with E-state index in [-0.39, 0.29) is 17.7 Å². The molecule has 1 saturated carbocycles. The van der Waals surface area contributed by atoms with Crippen LogP contribution < -0.4 is 4.90 Å². The molecule has 1 amide bonds. The molecular weight excluding hydrogens is 426 g/mol. The third-order valence-electron chi connectivity index (χ3n) is 7.99. The summed E-state index contributed by atoms with van der Waals surface area (Å²) >= 11 is 0. The molecule has 2 aromatic rings. The van der Waals surface area contributed by atoms with Crippen LogP contribution in [0, 0.1) is 35.3 Å². The molecule has 1 aliphatic carbocycles. The Kier molecular flexibility index (Phi) is 5.59. The molecule has 0 bridgehead atoms. The third kappa shape index (κ3) is 3.88. The summed E-state index contributed by atoms with van der Waals surface area (Å²) in [5.74, 6) is -1.38. The molecular formula is C25H30F2N4O2. The van der Waals surface area contributed by atoms with Crippen LogP contribution in [0.1, 0.15) is 38.2 Å². The molecule has 5 rings (SSSR count). The Balaban J connectivity index is 1.43. The molecule has 8 heteroatoms. The molecule has 6 nitrogen and oxygen atoms in total. The Labute approximate surface area is 192 Å². The van der Waals surface area contributed by atoms with Crippen LogP contribution in [0.2, 0.25) is 0 Å². The average Bonchev–Trinajstić information content (AvgIpc) is 3.57. The number of hydrogen-bond acceptors (Lipinski definition) is 5. The van der Waals surface area contributed by atoms with Crippen LogP contribution in [0.5, 0.6) is 0 Å². The maximum Gasteiger partial charge on any atom is 0.228 e. The lowest BCUT2D eigenvalue weighted by Crippen LogP contribution is -2.59. The van der Waals surface area contributed by atoms with Crippen LogP contribution in [0.3, 0.4) is 0 Å². The van der Waals surface area contributed by atoms with Gasteiger partial charge in [0.2, 0.25) is 5.91 Å². The second-order valence-corrected chi connectivity index (χ2v) is 10.1. The van der Waals surface area contributed by atoms with Gasteiger partial charge in [0.05, 0.1) is 11.5 Å². The molecule has 1 aromatic heterocycles. The number of amides is 1. The van der Waals surface area contributed by atoms with E-state index < -0.39 is 29.1 Å². The van der Waals surface area contributed by atoms with E-state index in [9.17, 15) is 18.7 Å². The molecule has 176 valence electrons. The van der Waals surface area contributed by atoms with Gasteiger partial charge in [0.25, 0.3) is 0 Å². The van der Waals surface area contributed by atoms with Crippen LogP contribution in [0.15, 0.2) is 36.5 Å². The summed E-state index contributed by atoms with van der Waals surface area (Å²) in [5.41, 5.74) is -0.394. The van der Waals surface area contributed by atoms with E-state index in [0.29, 0.717) is 43.5 Å². The Hall–Kier alpha value is -2.61. The molecule has 5 atom stereocenters. The number of likely N-dealkylation sites (tertiary alicyclic amines) is 1. The number of carbonyl (C=O) groups is 1. The van der Waals surface area contributed by atoms with E-state index >= 15 is 0 Å². The summed E-state index contributed by atoms with van der Waals surface area (Å²) < 4.78 is 28.4. The van der Waals surface area contributed by atoms with Gasteiger partial charge in [-0.1, -0.05) is 19.9 Å². The van der Waals surface area contributed by atoms with E-state index in [1.165, 1.54) is 12.1 Å². The lowest BCUT2D eigenvalue weighted by Gasteiger charge is -2.49. The van der Waals surface area contributed by atoms with Crippen molar-refractivity contribution in [2.45, 2.75) is 38.2 Å². The van der Waals surface area contributed by atoms with E-state index in [0.717, 1.165) is 18.9 Å². The SMILES string of the molecule is C[C@@H]1CN(C(=O)[C@@H]2CN(c3cccnn3)C[C@H]2c2ccc(F)cc2F)C[C@H](C)C1(O)C1CC1. The highest BCUT2D eigenvalue weighted by atomic mass is 19.1. The average molecular weight is 457 g/mol. The van der Waals surface area contributed by atoms with Gasteiger partial charge in [-0.15, -0.1) is 5.10 Å². The monoisotopic (exact) mass is 456 g/mol. The summed E-state index contributed by atoms with van der Waals surface area (Å²) in [6.45, 7) is 5.78.